The van der Waals surface area contributed by atoms with E-state index < -0.39 is 0 Å². The van der Waals surface area contributed by atoms with Gasteiger partial charge in [0.15, 0.2) is 0 Å². The van der Waals surface area contributed by atoms with Crippen LogP contribution in [-0.4, -0.2) is 55.5 Å². The third-order valence-electron chi connectivity index (χ3n) is 5.00. The molecular formula is C17H21BrN2O3. The van der Waals surface area contributed by atoms with Crippen LogP contribution in [0.2, 0.25) is 0 Å². The number of morpholine rings is 1. The summed E-state index contributed by atoms with van der Waals surface area (Å²) in [6.45, 7) is 3.21. The van der Waals surface area contributed by atoms with Crippen LogP contribution in [0.25, 0.3) is 0 Å². The summed E-state index contributed by atoms with van der Waals surface area (Å²) < 4.78 is 12.4. The van der Waals surface area contributed by atoms with Gasteiger partial charge in [-0.3, -0.25) is 0 Å². The Morgan fingerprint density at radius 1 is 1.30 bits per heavy atom. The fourth-order valence-electron chi connectivity index (χ4n) is 3.53. The van der Waals surface area contributed by atoms with E-state index in [1.807, 2.05) is 4.90 Å². The molecule has 2 heterocycles. The summed E-state index contributed by atoms with van der Waals surface area (Å²) in [6.07, 6.45) is 1.90. The molecule has 1 aromatic rings. The van der Waals surface area contributed by atoms with Crippen LogP contribution >= 0.6 is 15.9 Å². The average Bonchev–Trinajstić information content (AvgIpc) is 3.18. The van der Waals surface area contributed by atoms with Crippen molar-refractivity contribution < 1.29 is 14.3 Å². The van der Waals surface area contributed by atoms with Crippen LogP contribution < -0.4 is 5.32 Å². The number of hydrogen-bond donors (Lipinski definition) is 1. The van der Waals surface area contributed by atoms with Crippen molar-refractivity contribution in [3.8, 4) is 0 Å². The smallest absolute Gasteiger partial charge is 0.317 e. The summed E-state index contributed by atoms with van der Waals surface area (Å²) in [5.74, 6) is 0.442. The molecule has 5 nitrogen and oxygen atoms in total. The van der Waals surface area contributed by atoms with Gasteiger partial charge in [-0.15, -0.1) is 0 Å². The molecule has 23 heavy (non-hydrogen) atoms. The van der Waals surface area contributed by atoms with Gasteiger partial charge in [0.2, 0.25) is 0 Å². The molecule has 1 saturated carbocycles. The van der Waals surface area contributed by atoms with Crippen molar-refractivity contribution in [3.05, 3.63) is 34.3 Å². The Labute approximate surface area is 144 Å². The highest BCUT2D eigenvalue weighted by molar-refractivity contribution is 9.10. The number of urea groups is 1. The molecule has 1 spiro atoms. The SMILES string of the molecule is O=C(N[C@@H]1C[C@H]1c1ccc(Br)cc1)N1CCOC2(CCOC2)C1. The summed E-state index contributed by atoms with van der Waals surface area (Å²) in [4.78, 5) is 14.4. The lowest BCUT2D eigenvalue weighted by molar-refractivity contribution is -0.0975. The molecule has 1 unspecified atom stereocenters. The molecule has 4 rings (SSSR count). The first-order valence-corrected chi connectivity index (χ1v) is 8.97. The van der Waals surface area contributed by atoms with E-state index in [0.29, 0.717) is 32.2 Å². The number of benzene rings is 1. The van der Waals surface area contributed by atoms with Gasteiger partial charge in [0.05, 0.1) is 19.8 Å². The van der Waals surface area contributed by atoms with Gasteiger partial charge in [0.25, 0.3) is 0 Å². The zero-order valence-corrected chi connectivity index (χ0v) is 14.5. The number of ether oxygens (including phenoxy) is 2. The number of nitrogens with zero attached hydrogens (tertiary/aromatic N) is 1. The van der Waals surface area contributed by atoms with Gasteiger partial charge >= 0.3 is 6.03 Å². The largest absolute Gasteiger partial charge is 0.378 e. The molecule has 2 aliphatic heterocycles. The van der Waals surface area contributed by atoms with Gasteiger partial charge in [-0.25, -0.2) is 4.79 Å². The topological polar surface area (TPSA) is 50.8 Å². The number of carbonyl (C=O) groups is 1. The molecule has 0 aromatic heterocycles. The zero-order chi connectivity index (χ0) is 15.9. The monoisotopic (exact) mass is 380 g/mol. The van der Waals surface area contributed by atoms with Crippen LogP contribution in [0.4, 0.5) is 4.79 Å². The van der Waals surface area contributed by atoms with Crippen molar-refractivity contribution in [1.82, 2.24) is 10.2 Å². The summed E-state index contributed by atoms with van der Waals surface area (Å²) in [6, 6.07) is 8.64. The third kappa shape index (κ3) is 3.25. The van der Waals surface area contributed by atoms with Crippen LogP contribution in [-0.2, 0) is 9.47 Å². The molecule has 1 aromatic carbocycles. The minimum Gasteiger partial charge on any atom is -0.378 e. The van der Waals surface area contributed by atoms with Crippen molar-refractivity contribution in [2.24, 2.45) is 0 Å². The van der Waals surface area contributed by atoms with Crippen molar-refractivity contribution in [3.63, 3.8) is 0 Å². The Morgan fingerprint density at radius 3 is 2.87 bits per heavy atom. The first-order chi connectivity index (χ1) is 11.2. The number of nitrogens with one attached hydrogen (secondary N) is 1. The van der Waals surface area contributed by atoms with E-state index in [-0.39, 0.29) is 17.7 Å². The van der Waals surface area contributed by atoms with E-state index in [0.717, 1.165) is 23.9 Å². The minimum atomic E-state index is -0.274. The van der Waals surface area contributed by atoms with Gasteiger partial charge in [0, 0.05) is 36.0 Å². The Morgan fingerprint density at radius 2 is 2.13 bits per heavy atom. The zero-order valence-electron chi connectivity index (χ0n) is 13.0. The minimum absolute atomic E-state index is 0.0317. The first kappa shape index (κ1) is 15.4. The molecule has 3 aliphatic rings. The maximum atomic E-state index is 12.5. The third-order valence-corrected chi connectivity index (χ3v) is 5.53. The second-order valence-electron chi connectivity index (χ2n) is 6.71. The predicted molar refractivity (Wildman–Crippen MR) is 89.5 cm³/mol. The number of halogens is 1. The van der Waals surface area contributed by atoms with Crippen LogP contribution in [0.15, 0.2) is 28.7 Å². The lowest BCUT2D eigenvalue weighted by atomic mass is 10.0. The van der Waals surface area contributed by atoms with Crippen molar-refractivity contribution in [2.75, 3.05) is 32.9 Å². The van der Waals surface area contributed by atoms with E-state index in [1.165, 1.54) is 5.56 Å². The average molecular weight is 381 g/mol. The van der Waals surface area contributed by atoms with Crippen molar-refractivity contribution in [1.29, 1.82) is 0 Å². The molecule has 124 valence electrons. The summed E-state index contributed by atoms with van der Waals surface area (Å²) in [5.41, 5.74) is 1.02. The normalized spacial score (nSPS) is 33.0. The van der Waals surface area contributed by atoms with E-state index in [9.17, 15) is 4.79 Å². The summed E-state index contributed by atoms with van der Waals surface area (Å²) >= 11 is 3.45. The van der Waals surface area contributed by atoms with E-state index >= 15 is 0 Å². The predicted octanol–water partition coefficient (Wildman–Crippen LogP) is 2.51. The lowest BCUT2D eigenvalue weighted by Gasteiger charge is -2.39. The van der Waals surface area contributed by atoms with Gasteiger partial charge in [-0.2, -0.15) is 0 Å². The van der Waals surface area contributed by atoms with Crippen LogP contribution in [0.5, 0.6) is 0 Å². The number of hydrogen-bond acceptors (Lipinski definition) is 3. The second-order valence-corrected chi connectivity index (χ2v) is 7.62. The molecular weight excluding hydrogens is 360 g/mol. The van der Waals surface area contributed by atoms with Gasteiger partial charge in [0.1, 0.15) is 5.60 Å². The van der Waals surface area contributed by atoms with Crippen LogP contribution in [0.1, 0.15) is 24.3 Å². The summed E-state index contributed by atoms with van der Waals surface area (Å²) in [5, 5.41) is 3.17. The molecule has 3 fully saturated rings. The Balaban J connectivity index is 1.33. The molecule has 2 amide bonds. The van der Waals surface area contributed by atoms with Crippen LogP contribution in [0, 0.1) is 0 Å². The maximum Gasteiger partial charge on any atom is 0.317 e. The van der Waals surface area contributed by atoms with Crippen molar-refractivity contribution in [2.45, 2.75) is 30.4 Å². The fraction of sp³-hybridized carbons (Fsp3) is 0.588. The van der Waals surface area contributed by atoms with Gasteiger partial charge in [-0.05, 0) is 24.1 Å². The molecule has 0 radical (unpaired) electrons. The van der Waals surface area contributed by atoms with Crippen molar-refractivity contribution >= 4 is 22.0 Å². The quantitative estimate of drug-likeness (QED) is 0.857. The first-order valence-electron chi connectivity index (χ1n) is 8.18. The maximum absolute atomic E-state index is 12.5. The molecule has 3 atom stereocenters. The number of carbonyl (C=O) groups excluding carboxylic acids is 1. The van der Waals surface area contributed by atoms with E-state index in [2.05, 4.69) is 45.5 Å². The number of rotatable bonds is 2. The van der Waals surface area contributed by atoms with E-state index in [4.69, 9.17) is 9.47 Å². The highest BCUT2D eigenvalue weighted by atomic mass is 79.9. The Kier molecular flexibility index (Phi) is 4.07. The standard InChI is InChI=1S/C17H21BrN2O3/c18-13-3-1-12(2-4-13)14-9-15(14)19-16(21)20-6-8-23-17(10-20)5-7-22-11-17/h1-4,14-15H,5-11H2,(H,19,21)/t14-,15+,17?/m0/s1. The molecule has 1 aliphatic carbocycles. The fourth-order valence-corrected chi connectivity index (χ4v) is 3.79. The van der Waals surface area contributed by atoms with Crippen LogP contribution in [0.3, 0.4) is 0 Å². The van der Waals surface area contributed by atoms with Gasteiger partial charge < -0.3 is 19.7 Å². The Bertz CT molecular complexity index is 586. The molecule has 2 saturated heterocycles. The second kappa shape index (κ2) is 6.07. The van der Waals surface area contributed by atoms with E-state index in [1.54, 1.807) is 0 Å². The molecule has 6 heteroatoms. The van der Waals surface area contributed by atoms with Gasteiger partial charge in [-0.1, -0.05) is 28.1 Å². The lowest BCUT2D eigenvalue weighted by Crippen LogP contribution is -2.56. The highest BCUT2D eigenvalue weighted by Crippen LogP contribution is 2.41. The molecule has 0 bridgehead atoms. The highest BCUT2D eigenvalue weighted by Gasteiger charge is 2.44. The summed E-state index contributed by atoms with van der Waals surface area (Å²) in [7, 11) is 0. The number of amides is 2. The molecule has 1 N–H and O–H groups in total. The Hall–Kier alpha value is -1.11.